The summed E-state index contributed by atoms with van der Waals surface area (Å²) in [5.41, 5.74) is 0.0337. The predicted molar refractivity (Wildman–Crippen MR) is 77.0 cm³/mol. The second-order valence-corrected chi connectivity index (χ2v) is 5.59. The highest BCUT2D eigenvalue weighted by Crippen LogP contribution is 2.23. The number of halogens is 2. The van der Waals surface area contributed by atoms with Crippen molar-refractivity contribution in [2.75, 3.05) is 32.8 Å². The van der Waals surface area contributed by atoms with E-state index in [2.05, 4.69) is 4.90 Å². The molecule has 1 heterocycles. The van der Waals surface area contributed by atoms with Crippen molar-refractivity contribution in [3.63, 3.8) is 0 Å². The summed E-state index contributed by atoms with van der Waals surface area (Å²) in [4.78, 5) is 2.09. The molecule has 0 amide bonds. The molecule has 1 aliphatic heterocycles. The topological polar surface area (TPSA) is 32.7 Å². The number of nitrogens with zero attached hydrogens (tertiary/aromatic N) is 1. The molecule has 0 aromatic heterocycles. The van der Waals surface area contributed by atoms with Crippen molar-refractivity contribution in [3.8, 4) is 0 Å². The van der Waals surface area contributed by atoms with E-state index in [0.717, 1.165) is 57.3 Å². The maximum Gasteiger partial charge on any atom is 0.129 e. The molecule has 0 aliphatic carbocycles. The SMILES string of the molecule is CCOCC1CCN(CC(O)c2cc(F)ccc2F)CC1. The van der Waals surface area contributed by atoms with Crippen molar-refractivity contribution in [2.24, 2.45) is 5.92 Å². The average molecular weight is 299 g/mol. The number of hydrogen-bond acceptors (Lipinski definition) is 3. The maximum absolute atomic E-state index is 13.6. The van der Waals surface area contributed by atoms with Gasteiger partial charge in [0.1, 0.15) is 11.6 Å². The van der Waals surface area contributed by atoms with Crippen LogP contribution in [0, 0.1) is 17.6 Å². The van der Waals surface area contributed by atoms with Gasteiger partial charge in [0.2, 0.25) is 0 Å². The van der Waals surface area contributed by atoms with Crippen LogP contribution < -0.4 is 0 Å². The van der Waals surface area contributed by atoms with E-state index < -0.39 is 17.7 Å². The summed E-state index contributed by atoms with van der Waals surface area (Å²) in [6.45, 7) is 5.54. The van der Waals surface area contributed by atoms with E-state index in [0.29, 0.717) is 12.5 Å². The molecule has 1 aliphatic rings. The lowest BCUT2D eigenvalue weighted by Gasteiger charge is -2.33. The number of aliphatic hydroxyl groups is 1. The summed E-state index contributed by atoms with van der Waals surface area (Å²) in [7, 11) is 0. The van der Waals surface area contributed by atoms with Gasteiger partial charge in [-0.15, -0.1) is 0 Å². The zero-order chi connectivity index (χ0) is 15.2. The smallest absolute Gasteiger partial charge is 0.129 e. The largest absolute Gasteiger partial charge is 0.387 e. The minimum absolute atomic E-state index is 0.0337. The first-order valence-electron chi connectivity index (χ1n) is 7.53. The van der Waals surface area contributed by atoms with E-state index in [1.165, 1.54) is 0 Å². The van der Waals surface area contributed by atoms with Gasteiger partial charge in [-0.05, 0) is 57.0 Å². The Morgan fingerprint density at radius 2 is 2.05 bits per heavy atom. The number of likely N-dealkylation sites (tertiary alicyclic amines) is 1. The zero-order valence-electron chi connectivity index (χ0n) is 12.4. The lowest BCUT2D eigenvalue weighted by Crippen LogP contribution is -2.37. The van der Waals surface area contributed by atoms with Crippen LogP contribution in [0.2, 0.25) is 0 Å². The van der Waals surface area contributed by atoms with Crippen molar-refractivity contribution >= 4 is 0 Å². The van der Waals surface area contributed by atoms with E-state index in [-0.39, 0.29) is 5.56 Å². The average Bonchev–Trinajstić information content (AvgIpc) is 2.49. The van der Waals surface area contributed by atoms with Crippen LogP contribution in [0.5, 0.6) is 0 Å². The van der Waals surface area contributed by atoms with Crippen molar-refractivity contribution in [2.45, 2.75) is 25.9 Å². The van der Waals surface area contributed by atoms with Crippen LogP contribution in [0.15, 0.2) is 18.2 Å². The van der Waals surface area contributed by atoms with E-state index in [1.54, 1.807) is 0 Å². The third-order valence-corrected chi connectivity index (χ3v) is 4.01. The fourth-order valence-corrected chi connectivity index (χ4v) is 2.73. The molecular formula is C16H23F2NO2. The summed E-state index contributed by atoms with van der Waals surface area (Å²) >= 11 is 0. The Hall–Kier alpha value is -1.04. The Kier molecular flexibility index (Phi) is 6.08. The van der Waals surface area contributed by atoms with Crippen LogP contribution in [0.4, 0.5) is 8.78 Å². The normalized spacial score (nSPS) is 18.9. The highest BCUT2D eigenvalue weighted by atomic mass is 19.1. The molecule has 3 nitrogen and oxygen atoms in total. The van der Waals surface area contributed by atoms with Crippen LogP contribution in [-0.2, 0) is 4.74 Å². The molecule has 1 aromatic rings. The van der Waals surface area contributed by atoms with E-state index >= 15 is 0 Å². The van der Waals surface area contributed by atoms with E-state index in [1.807, 2.05) is 6.92 Å². The van der Waals surface area contributed by atoms with Gasteiger partial charge >= 0.3 is 0 Å². The number of hydrogen-bond donors (Lipinski definition) is 1. The van der Waals surface area contributed by atoms with Gasteiger partial charge in [0.25, 0.3) is 0 Å². The Bertz CT molecular complexity index is 448. The third kappa shape index (κ3) is 4.73. The lowest BCUT2D eigenvalue weighted by atomic mass is 9.97. The summed E-state index contributed by atoms with van der Waals surface area (Å²) in [6, 6.07) is 3.19. The molecule has 2 rings (SSSR count). The number of ether oxygens (including phenoxy) is 1. The summed E-state index contributed by atoms with van der Waals surface area (Å²) in [6.07, 6.45) is 1.03. The van der Waals surface area contributed by atoms with Gasteiger partial charge in [-0.25, -0.2) is 8.78 Å². The number of rotatable bonds is 6. The maximum atomic E-state index is 13.6. The molecule has 0 bridgehead atoms. The van der Waals surface area contributed by atoms with E-state index in [4.69, 9.17) is 4.74 Å². The van der Waals surface area contributed by atoms with Gasteiger partial charge in [0.15, 0.2) is 0 Å². The Morgan fingerprint density at radius 3 is 2.71 bits per heavy atom. The minimum Gasteiger partial charge on any atom is -0.387 e. The molecule has 1 N–H and O–H groups in total. The molecule has 1 fully saturated rings. The first-order valence-corrected chi connectivity index (χ1v) is 7.53. The van der Waals surface area contributed by atoms with Crippen LogP contribution in [-0.4, -0.2) is 42.9 Å². The quantitative estimate of drug-likeness (QED) is 0.877. The molecule has 21 heavy (non-hydrogen) atoms. The Morgan fingerprint density at radius 1 is 1.33 bits per heavy atom. The van der Waals surface area contributed by atoms with E-state index in [9.17, 15) is 13.9 Å². The molecule has 118 valence electrons. The monoisotopic (exact) mass is 299 g/mol. The van der Waals surface area contributed by atoms with Gasteiger partial charge in [-0.1, -0.05) is 0 Å². The highest BCUT2D eigenvalue weighted by Gasteiger charge is 2.23. The second kappa shape index (κ2) is 7.82. The van der Waals surface area contributed by atoms with Crippen LogP contribution in [0.25, 0.3) is 0 Å². The Balaban J connectivity index is 1.84. The fourth-order valence-electron chi connectivity index (χ4n) is 2.73. The van der Waals surface area contributed by atoms with Gasteiger partial charge in [0.05, 0.1) is 6.10 Å². The molecule has 0 spiro atoms. The number of aliphatic hydroxyl groups excluding tert-OH is 1. The van der Waals surface area contributed by atoms with Crippen LogP contribution >= 0.6 is 0 Å². The van der Waals surface area contributed by atoms with Gasteiger partial charge < -0.3 is 14.7 Å². The zero-order valence-corrected chi connectivity index (χ0v) is 12.4. The first-order chi connectivity index (χ1) is 10.1. The Labute approximate surface area is 124 Å². The van der Waals surface area contributed by atoms with Gasteiger partial charge in [-0.3, -0.25) is 0 Å². The molecule has 1 atom stereocenters. The third-order valence-electron chi connectivity index (χ3n) is 4.01. The summed E-state index contributed by atoms with van der Waals surface area (Å²) in [5.74, 6) is -0.528. The van der Waals surface area contributed by atoms with Gasteiger partial charge in [-0.2, -0.15) is 0 Å². The lowest BCUT2D eigenvalue weighted by molar-refractivity contribution is 0.0525. The highest BCUT2D eigenvalue weighted by molar-refractivity contribution is 5.21. The number of piperidine rings is 1. The molecule has 1 aromatic carbocycles. The molecular weight excluding hydrogens is 276 g/mol. The molecule has 5 heteroatoms. The molecule has 1 saturated heterocycles. The molecule has 0 radical (unpaired) electrons. The van der Waals surface area contributed by atoms with Crippen LogP contribution in [0.3, 0.4) is 0 Å². The fraction of sp³-hybridized carbons (Fsp3) is 0.625. The first kappa shape index (κ1) is 16.3. The molecule has 0 saturated carbocycles. The number of β-amino-alcohol motifs (C(OH)–C–C–N with tert-alkyl or cyclic N) is 1. The van der Waals surface area contributed by atoms with Crippen molar-refractivity contribution in [1.29, 1.82) is 0 Å². The molecule has 1 unspecified atom stereocenters. The second-order valence-electron chi connectivity index (χ2n) is 5.59. The van der Waals surface area contributed by atoms with Crippen LogP contribution in [0.1, 0.15) is 31.4 Å². The minimum atomic E-state index is -0.996. The number of benzene rings is 1. The van der Waals surface area contributed by atoms with Crippen molar-refractivity contribution in [3.05, 3.63) is 35.4 Å². The summed E-state index contributed by atoms with van der Waals surface area (Å²) in [5, 5.41) is 10.1. The van der Waals surface area contributed by atoms with Crippen molar-refractivity contribution < 1.29 is 18.6 Å². The predicted octanol–water partition coefficient (Wildman–Crippen LogP) is 2.75. The summed E-state index contributed by atoms with van der Waals surface area (Å²) < 4.78 is 32.2. The van der Waals surface area contributed by atoms with Gasteiger partial charge in [0, 0.05) is 25.3 Å². The van der Waals surface area contributed by atoms with Crippen molar-refractivity contribution in [1.82, 2.24) is 4.90 Å². The standard InChI is InChI=1S/C16H23F2NO2/c1-2-21-11-12-5-7-19(8-6-12)10-16(20)14-9-13(17)3-4-15(14)18/h3-4,9,12,16,20H,2,5-8,10-11H2,1H3.